The maximum Gasteiger partial charge on any atom is 0.338 e. The van der Waals surface area contributed by atoms with E-state index < -0.39 is 23.4 Å². The number of ether oxygens (including phenoxy) is 1. The van der Waals surface area contributed by atoms with E-state index in [0.717, 1.165) is 18.4 Å². The summed E-state index contributed by atoms with van der Waals surface area (Å²) in [5.41, 5.74) is 2.52. The molecule has 2 aliphatic heterocycles. The summed E-state index contributed by atoms with van der Waals surface area (Å²) in [5, 5.41) is 1.64. The molecular formula is C44H45FN6O5. The number of likely N-dealkylation sites (N-methyl/N-ethyl adjacent to an activating group) is 1. The third-order valence-electron chi connectivity index (χ3n) is 10.8. The quantitative estimate of drug-likeness (QED) is 0.0869. The van der Waals surface area contributed by atoms with Crippen LogP contribution in [0.4, 0.5) is 15.8 Å². The Morgan fingerprint density at radius 1 is 1.05 bits per heavy atom. The number of hydrogen-bond acceptors (Lipinski definition) is 8. The van der Waals surface area contributed by atoms with E-state index in [0.29, 0.717) is 50.8 Å². The van der Waals surface area contributed by atoms with Gasteiger partial charge in [0.15, 0.2) is 5.65 Å². The fraction of sp³-hybridized carbons (Fsp3) is 0.318. The van der Waals surface area contributed by atoms with E-state index in [1.165, 1.54) is 28.7 Å². The maximum atomic E-state index is 17.1. The molecule has 7 rings (SSSR count). The Morgan fingerprint density at radius 3 is 2.52 bits per heavy atom. The summed E-state index contributed by atoms with van der Waals surface area (Å²) in [4.78, 5) is 69.7. The van der Waals surface area contributed by atoms with Crippen LogP contribution in [0.15, 0.2) is 84.3 Å². The number of aryl methyl sites for hydroxylation is 1. The first kappa shape index (κ1) is 38.1. The van der Waals surface area contributed by atoms with Crippen molar-refractivity contribution in [1.82, 2.24) is 19.4 Å². The number of fused-ring (bicyclic) bond motifs is 6. The Kier molecular flexibility index (Phi) is 10.1. The Hall–Kier alpha value is -6.17. The second-order valence-electron chi connectivity index (χ2n) is 14.9. The summed E-state index contributed by atoms with van der Waals surface area (Å²) in [6.45, 7) is 17.5. The number of piperazine rings is 1. The topological polar surface area (TPSA) is 118 Å². The number of carbonyl (C=O) groups is 3. The number of carbonyl (C=O) groups excluding carboxylic acids is 3. The number of aromatic nitrogens is 3. The zero-order valence-electron chi connectivity index (χ0n) is 32.6. The number of halogens is 1. The summed E-state index contributed by atoms with van der Waals surface area (Å²) >= 11 is 0. The van der Waals surface area contributed by atoms with E-state index >= 15 is 9.18 Å². The number of benzene rings is 2. The third-order valence-corrected chi connectivity index (χ3v) is 10.8. The molecule has 0 N–H and O–H groups in total. The molecule has 5 aromatic rings. The van der Waals surface area contributed by atoms with E-state index in [-0.39, 0.29) is 59.6 Å². The predicted molar refractivity (Wildman–Crippen MR) is 217 cm³/mol. The van der Waals surface area contributed by atoms with Gasteiger partial charge < -0.3 is 19.4 Å². The lowest BCUT2D eigenvalue weighted by Crippen LogP contribution is -2.66. The minimum absolute atomic E-state index is 0.0504. The van der Waals surface area contributed by atoms with Gasteiger partial charge in [0.05, 0.1) is 23.6 Å². The molecule has 0 radical (unpaired) electrons. The van der Waals surface area contributed by atoms with Crippen molar-refractivity contribution in [2.24, 2.45) is 0 Å². The average Bonchev–Trinajstić information content (AvgIpc) is 3.18. The summed E-state index contributed by atoms with van der Waals surface area (Å²) < 4.78 is 24.4. The van der Waals surface area contributed by atoms with Crippen molar-refractivity contribution in [3.8, 4) is 22.7 Å². The number of amides is 2. The van der Waals surface area contributed by atoms with E-state index in [1.807, 2.05) is 63.8 Å². The molecule has 1 saturated heterocycles. The molecule has 12 heteroatoms. The highest BCUT2D eigenvalue weighted by molar-refractivity contribution is 6.12. The summed E-state index contributed by atoms with van der Waals surface area (Å²) in [6, 6.07) is 12.6. The lowest BCUT2D eigenvalue weighted by Gasteiger charge is -2.49. The van der Waals surface area contributed by atoms with Crippen LogP contribution in [-0.4, -0.2) is 69.4 Å². The smallest absolute Gasteiger partial charge is 0.338 e. The van der Waals surface area contributed by atoms with E-state index in [2.05, 4.69) is 18.1 Å². The molecular weight excluding hydrogens is 712 g/mol. The highest BCUT2D eigenvalue weighted by atomic mass is 19.1. The van der Waals surface area contributed by atoms with E-state index in [9.17, 15) is 14.4 Å². The standard InChI is InChI=1S/C44H45FN6O5/c1-9-11-14-26(6)44(55)56-29-19-28-15-12-13-16-30(28)31(20-29)37-33(45)21-32-39-40(48(8)42(53)34-23-49(35(52)10-2)27(7)22-50(34)39)43(54)51(41(32)47-37)38-25(5)17-18-46-36(38)24(3)4/h10,12-13,15-21,24,27,34H,2,6,9,11,14,22-23H2,1,3-5,7-8H3/t27-,34-/m1/s1. The number of rotatable bonds is 9. The molecule has 3 aromatic heterocycles. The number of anilines is 2. The molecule has 288 valence electrons. The van der Waals surface area contributed by atoms with Gasteiger partial charge in [-0.3, -0.25) is 23.9 Å². The predicted octanol–water partition coefficient (Wildman–Crippen LogP) is 7.39. The molecule has 2 aromatic carbocycles. The molecule has 2 amide bonds. The van der Waals surface area contributed by atoms with Crippen molar-refractivity contribution >= 4 is 51.0 Å². The molecule has 0 bridgehead atoms. The average molecular weight is 757 g/mol. The minimum Gasteiger partial charge on any atom is -0.423 e. The van der Waals surface area contributed by atoms with Gasteiger partial charge in [-0.2, -0.15) is 0 Å². The molecule has 5 heterocycles. The Labute approximate surface area is 324 Å². The van der Waals surface area contributed by atoms with Gasteiger partial charge >= 0.3 is 5.97 Å². The van der Waals surface area contributed by atoms with Crippen molar-refractivity contribution in [2.45, 2.75) is 71.9 Å². The second kappa shape index (κ2) is 14.8. The van der Waals surface area contributed by atoms with Gasteiger partial charge in [-0.05, 0) is 79.3 Å². The molecule has 56 heavy (non-hydrogen) atoms. The molecule has 0 unspecified atom stereocenters. The van der Waals surface area contributed by atoms with Crippen LogP contribution in [0.25, 0.3) is 38.8 Å². The van der Waals surface area contributed by atoms with Crippen LogP contribution in [0.1, 0.15) is 64.1 Å². The number of nitrogens with zero attached hydrogens (tertiary/aromatic N) is 6. The Balaban J connectivity index is 1.54. The zero-order valence-corrected chi connectivity index (χ0v) is 32.6. The number of hydrogen-bond donors (Lipinski definition) is 0. The van der Waals surface area contributed by atoms with Gasteiger partial charge in [-0.1, -0.05) is 64.6 Å². The van der Waals surface area contributed by atoms with Crippen LogP contribution >= 0.6 is 0 Å². The van der Waals surface area contributed by atoms with Crippen LogP contribution in [0.2, 0.25) is 0 Å². The van der Waals surface area contributed by atoms with Crippen LogP contribution in [0.5, 0.6) is 5.75 Å². The van der Waals surface area contributed by atoms with Gasteiger partial charge in [0, 0.05) is 42.4 Å². The maximum absolute atomic E-state index is 17.1. The fourth-order valence-electron chi connectivity index (χ4n) is 7.93. The van der Waals surface area contributed by atoms with Crippen LogP contribution in [-0.2, 0) is 14.4 Å². The fourth-order valence-corrected chi connectivity index (χ4v) is 7.93. The molecule has 0 spiro atoms. The molecule has 11 nitrogen and oxygen atoms in total. The van der Waals surface area contributed by atoms with Crippen LogP contribution < -0.4 is 20.1 Å². The van der Waals surface area contributed by atoms with E-state index in [1.54, 1.807) is 29.3 Å². The van der Waals surface area contributed by atoms with Crippen LogP contribution in [0.3, 0.4) is 0 Å². The molecule has 2 atom stereocenters. The summed E-state index contributed by atoms with van der Waals surface area (Å²) in [7, 11) is 1.53. The lowest BCUT2D eigenvalue weighted by atomic mass is 9.97. The summed E-state index contributed by atoms with van der Waals surface area (Å²) in [5.74, 6) is -1.87. The van der Waals surface area contributed by atoms with Crippen molar-refractivity contribution in [1.29, 1.82) is 0 Å². The first-order valence-electron chi connectivity index (χ1n) is 18.9. The van der Waals surface area contributed by atoms with Gasteiger partial charge in [0.2, 0.25) is 5.91 Å². The summed E-state index contributed by atoms with van der Waals surface area (Å²) in [6.07, 6.45) is 5.07. The lowest BCUT2D eigenvalue weighted by molar-refractivity contribution is -0.131. The Bertz CT molecular complexity index is 2540. The largest absolute Gasteiger partial charge is 0.423 e. The number of esters is 1. The van der Waals surface area contributed by atoms with Crippen molar-refractivity contribution in [3.05, 3.63) is 107 Å². The highest BCUT2D eigenvalue weighted by Crippen LogP contribution is 2.44. The normalized spacial score (nSPS) is 16.6. The molecule has 1 fully saturated rings. The molecule has 0 saturated carbocycles. The van der Waals surface area contributed by atoms with Gasteiger partial charge in [-0.15, -0.1) is 0 Å². The minimum atomic E-state index is -0.845. The molecule has 2 aliphatic rings. The van der Waals surface area contributed by atoms with Gasteiger partial charge in [-0.25, -0.2) is 14.2 Å². The first-order chi connectivity index (χ1) is 26.8. The van der Waals surface area contributed by atoms with E-state index in [4.69, 9.17) is 9.72 Å². The first-order valence-corrected chi connectivity index (χ1v) is 18.9. The third kappa shape index (κ3) is 6.32. The second-order valence-corrected chi connectivity index (χ2v) is 14.9. The van der Waals surface area contributed by atoms with Crippen molar-refractivity contribution in [2.75, 3.05) is 29.9 Å². The van der Waals surface area contributed by atoms with Crippen molar-refractivity contribution < 1.29 is 23.5 Å². The van der Waals surface area contributed by atoms with Crippen LogP contribution in [0, 0.1) is 12.7 Å². The zero-order chi connectivity index (χ0) is 40.2. The van der Waals surface area contributed by atoms with Crippen molar-refractivity contribution in [3.63, 3.8) is 0 Å². The Morgan fingerprint density at radius 2 is 1.80 bits per heavy atom. The highest BCUT2D eigenvalue weighted by Gasteiger charge is 2.46. The molecule has 0 aliphatic carbocycles. The van der Waals surface area contributed by atoms with Gasteiger partial charge in [0.1, 0.15) is 29.0 Å². The van der Waals surface area contributed by atoms with Gasteiger partial charge in [0.25, 0.3) is 11.5 Å². The number of pyridine rings is 3. The SMILES string of the molecule is C=CC(=O)N1C[C@@H]2C(=O)N(C)c3c(c4cc(F)c(-c5cc(OC(=O)C(=C)CCCC)cc6ccccc56)nc4n(-c4c(C)ccnc4C(C)C)c3=O)N2C[C@H]1C. The monoisotopic (exact) mass is 756 g/mol. The number of unbranched alkanes of at least 4 members (excludes halogenated alkanes) is 1.